The van der Waals surface area contributed by atoms with E-state index in [2.05, 4.69) is 20.8 Å². The Labute approximate surface area is 181 Å². The molecule has 8 heteroatoms. The van der Waals surface area contributed by atoms with Crippen molar-refractivity contribution in [2.75, 3.05) is 6.54 Å². The Hall–Kier alpha value is -2.97. The van der Waals surface area contributed by atoms with Crippen LogP contribution in [0.15, 0.2) is 66.0 Å². The van der Waals surface area contributed by atoms with Gasteiger partial charge in [0.25, 0.3) is 0 Å². The number of aromatic nitrogens is 4. The van der Waals surface area contributed by atoms with E-state index in [0.717, 1.165) is 40.8 Å². The van der Waals surface area contributed by atoms with Gasteiger partial charge in [0.1, 0.15) is 0 Å². The lowest BCUT2D eigenvalue weighted by molar-refractivity contribution is 0.399. The van der Waals surface area contributed by atoms with Crippen LogP contribution in [0, 0.1) is 12.8 Å². The number of hydrogen-bond donors (Lipinski definition) is 1. The summed E-state index contributed by atoms with van der Waals surface area (Å²) in [6.07, 6.45) is 6.47. The summed E-state index contributed by atoms with van der Waals surface area (Å²) in [5.41, 5.74) is 4.76. The second kappa shape index (κ2) is 7.62. The van der Waals surface area contributed by atoms with Crippen LogP contribution in [0.4, 0.5) is 0 Å². The third-order valence-electron chi connectivity index (χ3n) is 6.07. The van der Waals surface area contributed by atoms with Crippen molar-refractivity contribution in [2.45, 2.75) is 37.8 Å². The Morgan fingerprint density at radius 2 is 2.06 bits per heavy atom. The van der Waals surface area contributed by atoms with Crippen LogP contribution >= 0.6 is 0 Å². The van der Waals surface area contributed by atoms with Crippen LogP contribution in [0.3, 0.4) is 0 Å². The molecule has 1 saturated heterocycles. The van der Waals surface area contributed by atoms with E-state index >= 15 is 0 Å². The number of sulfonamides is 1. The Balaban J connectivity index is 1.36. The predicted molar refractivity (Wildman–Crippen MR) is 120 cm³/mol. The zero-order valence-corrected chi connectivity index (χ0v) is 18.4. The number of H-pyrrole nitrogens is 1. The molecule has 31 heavy (non-hydrogen) atoms. The Kier molecular flexibility index (Phi) is 4.91. The second-order valence-corrected chi connectivity index (χ2v) is 10.3. The molecule has 1 aliphatic rings. The molecule has 0 bridgehead atoms. The van der Waals surface area contributed by atoms with Crippen molar-refractivity contribution < 1.29 is 8.42 Å². The molecule has 0 aliphatic carbocycles. The van der Waals surface area contributed by atoms with Crippen molar-refractivity contribution in [1.82, 2.24) is 24.1 Å². The highest BCUT2D eigenvalue weighted by Gasteiger charge is 2.38. The normalized spacial score (nSPS) is 19.9. The van der Waals surface area contributed by atoms with Crippen LogP contribution in [-0.4, -0.2) is 45.1 Å². The van der Waals surface area contributed by atoms with Gasteiger partial charge in [0.15, 0.2) is 0 Å². The quantitative estimate of drug-likeness (QED) is 0.516. The third-order valence-corrected chi connectivity index (χ3v) is 8.05. The smallest absolute Gasteiger partial charge is 0.243 e. The molecule has 2 atom stereocenters. The minimum absolute atomic E-state index is 0.0249. The minimum Gasteiger partial charge on any atom is -0.346 e. The van der Waals surface area contributed by atoms with E-state index in [1.807, 2.05) is 44.4 Å². The van der Waals surface area contributed by atoms with Gasteiger partial charge in [0, 0.05) is 37.1 Å². The summed E-state index contributed by atoms with van der Waals surface area (Å²) in [4.78, 5) is 5.12. The first-order chi connectivity index (χ1) is 14.9. The van der Waals surface area contributed by atoms with E-state index in [1.165, 1.54) is 0 Å². The topological polar surface area (TPSA) is 83.9 Å². The van der Waals surface area contributed by atoms with Crippen LogP contribution in [0.25, 0.3) is 22.3 Å². The monoisotopic (exact) mass is 435 g/mol. The fraction of sp³-hybridized carbons (Fsp3) is 0.304. The van der Waals surface area contributed by atoms with Gasteiger partial charge in [-0.1, -0.05) is 12.1 Å². The average Bonchev–Trinajstić information content (AvgIpc) is 3.49. The zero-order chi connectivity index (χ0) is 21.6. The number of benzene rings is 1. The van der Waals surface area contributed by atoms with Crippen molar-refractivity contribution in [3.63, 3.8) is 0 Å². The molecule has 3 aromatic heterocycles. The molecule has 4 aromatic rings. The third kappa shape index (κ3) is 3.66. The summed E-state index contributed by atoms with van der Waals surface area (Å²) >= 11 is 0. The van der Waals surface area contributed by atoms with E-state index in [4.69, 9.17) is 4.98 Å². The van der Waals surface area contributed by atoms with Crippen LogP contribution in [0.2, 0.25) is 0 Å². The molecule has 0 spiro atoms. The van der Waals surface area contributed by atoms with Gasteiger partial charge < -0.3 is 4.57 Å². The molecule has 160 valence electrons. The number of aryl methyl sites for hydroxylation is 1. The molecule has 0 saturated carbocycles. The summed E-state index contributed by atoms with van der Waals surface area (Å²) in [6.45, 7) is 5.20. The summed E-state index contributed by atoms with van der Waals surface area (Å²) in [7, 11) is -3.49. The molecule has 1 N–H and O–H groups in total. The predicted octanol–water partition coefficient (Wildman–Crippen LogP) is 3.83. The van der Waals surface area contributed by atoms with Crippen molar-refractivity contribution in [1.29, 1.82) is 0 Å². The van der Waals surface area contributed by atoms with Crippen LogP contribution < -0.4 is 0 Å². The Morgan fingerprint density at radius 3 is 2.84 bits per heavy atom. The van der Waals surface area contributed by atoms with E-state index in [1.54, 1.807) is 28.7 Å². The number of pyridine rings is 1. The van der Waals surface area contributed by atoms with Gasteiger partial charge in [-0.3, -0.25) is 5.10 Å². The molecule has 7 nitrogen and oxygen atoms in total. The molecule has 0 radical (unpaired) electrons. The van der Waals surface area contributed by atoms with Gasteiger partial charge in [-0.05, 0) is 62.1 Å². The van der Waals surface area contributed by atoms with E-state index in [0.29, 0.717) is 11.4 Å². The van der Waals surface area contributed by atoms with Gasteiger partial charge in [-0.2, -0.15) is 9.40 Å². The van der Waals surface area contributed by atoms with Crippen LogP contribution in [0.1, 0.15) is 18.9 Å². The number of nitrogens with one attached hydrogen (secondary N) is 1. The molecule has 1 aromatic carbocycles. The number of aromatic amines is 1. The van der Waals surface area contributed by atoms with Crippen molar-refractivity contribution in [3.05, 3.63) is 66.6 Å². The largest absolute Gasteiger partial charge is 0.346 e. The van der Waals surface area contributed by atoms with Gasteiger partial charge in [0.05, 0.1) is 27.8 Å². The fourth-order valence-corrected chi connectivity index (χ4v) is 6.37. The summed E-state index contributed by atoms with van der Waals surface area (Å²) in [6, 6.07) is 13.2. The number of fused-ring (bicyclic) bond motifs is 1. The lowest BCUT2D eigenvalue weighted by Gasteiger charge is -2.21. The molecule has 1 aliphatic heterocycles. The van der Waals surface area contributed by atoms with Gasteiger partial charge in [-0.15, -0.1) is 0 Å². The molecule has 1 unspecified atom stereocenters. The summed E-state index contributed by atoms with van der Waals surface area (Å²) in [5, 5.41) is 6.80. The first kappa shape index (κ1) is 20.0. The standard InChI is InChI=1S/C23H25N5O2S/c1-16-4-3-5-20(10-16)31(29,30)28-15-18(11-17(28)2)14-27-9-8-22-23(27)7-6-21(26-22)19-12-24-25-13-19/h3-10,12-13,17-18H,11,14-15H2,1-2H3,(H,24,25)/t17-,18?/m1/s1. The SMILES string of the molecule is Cc1cccc(S(=O)(=O)N2CC(Cn3ccc4nc(-c5cn[nH]c5)ccc43)C[C@H]2C)c1. The van der Waals surface area contributed by atoms with Gasteiger partial charge >= 0.3 is 0 Å². The average molecular weight is 436 g/mol. The second-order valence-electron chi connectivity index (χ2n) is 8.40. The van der Waals surface area contributed by atoms with Crippen molar-refractivity contribution in [2.24, 2.45) is 5.92 Å². The number of hydrogen-bond acceptors (Lipinski definition) is 4. The molecule has 1 fully saturated rings. The van der Waals surface area contributed by atoms with E-state index in [-0.39, 0.29) is 12.0 Å². The van der Waals surface area contributed by atoms with E-state index < -0.39 is 10.0 Å². The molecular formula is C23H25N5O2S. The van der Waals surface area contributed by atoms with Gasteiger partial charge in [0.2, 0.25) is 10.0 Å². The fourth-order valence-electron chi connectivity index (χ4n) is 4.55. The highest BCUT2D eigenvalue weighted by Crippen LogP contribution is 2.31. The lowest BCUT2D eigenvalue weighted by Crippen LogP contribution is -2.34. The maximum atomic E-state index is 13.2. The first-order valence-electron chi connectivity index (χ1n) is 10.5. The molecule has 4 heterocycles. The highest BCUT2D eigenvalue weighted by molar-refractivity contribution is 7.89. The Bertz CT molecular complexity index is 1330. The number of rotatable bonds is 5. The maximum absolute atomic E-state index is 13.2. The van der Waals surface area contributed by atoms with Crippen molar-refractivity contribution >= 4 is 21.1 Å². The molecule has 0 amide bonds. The van der Waals surface area contributed by atoms with Crippen molar-refractivity contribution in [3.8, 4) is 11.3 Å². The first-order valence-corrected chi connectivity index (χ1v) is 11.9. The van der Waals surface area contributed by atoms with Gasteiger partial charge in [-0.25, -0.2) is 13.4 Å². The minimum atomic E-state index is -3.49. The zero-order valence-electron chi connectivity index (χ0n) is 17.6. The van der Waals surface area contributed by atoms with Crippen LogP contribution in [-0.2, 0) is 16.6 Å². The molecular weight excluding hydrogens is 410 g/mol. The Morgan fingerprint density at radius 1 is 1.19 bits per heavy atom. The highest BCUT2D eigenvalue weighted by atomic mass is 32.2. The lowest BCUT2D eigenvalue weighted by atomic mass is 10.1. The maximum Gasteiger partial charge on any atom is 0.243 e. The number of nitrogens with zero attached hydrogens (tertiary/aromatic N) is 4. The summed E-state index contributed by atoms with van der Waals surface area (Å²) < 4.78 is 30.3. The van der Waals surface area contributed by atoms with Crippen LogP contribution in [0.5, 0.6) is 0 Å². The molecule has 5 rings (SSSR count). The van der Waals surface area contributed by atoms with E-state index in [9.17, 15) is 8.42 Å². The summed E-state index contributed by atoms with van der Waals surface area (Å²) in [5.74, 6) is 0.249.